The number of hydrogen-bond donors (Lipinski definition) is 2. The third-order valence-electron chi connectivity index (χ3n) is 9.69. The molecule has 2 aliphatic heterocycles. The molecule has 4 aliphatic carbocycles. The van der Waals surface area contributed by atoms with E-state index in [1.807, 2.05) is 20.8 Å². The Bertz CT molecular complexity index is 803. The zero-order valence-corrected chi connectivity index (χ0v) is 24.1. The van der Waals surface area contributed by atoms with Gasteiger partial charge in [-0.15, -0.1) is 0 Å². The van der Waals surface area contributed by atoms with Crippen LogP contribution in [0.15, 0.2) is 0 Å². The Morgan fingerprint density at radius 1 is 1.06 bits per heavy atom. The van der Waals surface area contributed by atoms with E-state index in [0.29, 0.717) is 45.9 Å². The molecular formula is C27H48O8Si. The summed E-state index contributed by atoms with van der Waals surface area (Å²) in [6.45, 7) is 15.7. The average Bonchev–Trinajstić information content (AvgIpc) is 3.36. The van der Waals surface area contributed by atoms with Gasteiger partial charge in [-0.25, -0.2) is 0 Å². The molecule has 0 aromatic heterocycles. The van der Waals surface area contributed by atoms with E-state index in [1.54, 1.807) is 0 Å². The van der Waals surface area contributed by atoms with Crippen LogP contribution in [0.2, 0.25) is 25.7 Å². The first-order chi connectivity index (χ1) is 16.9. The molecule has 8 nitrogen and oxygen atoms in total. The molecule has 0 aromatic carbocycles. The third-order valence-corrected chi connectivity index (χ3v) is 11.4. The number of aliphatic hydroxyl groups is 2. The van der Waals surface area contributed by atoms with E-state index in [9.17, 15) is 10.2 Å². The average molecular weight is 529 g/mol. The van der Waals surface area contributed by atoms with Gasteiger partial charge in [-0.1, -0.05) is 19.6 Å². The first-order valence-corrected chi connectivity index (χ1v) is 17.7. The molecule has 2 N–H and O–H groups in total. The second kappa shape index (κ2) is 9.52. The highest BCUT2D eigenvalue weighted by molar-refractivity contribution is 6.76. The molecule has 2 heterocycles. The van der Waals surface area contributed by atoms with Crippen molar-refractivity contribution >= 4 is 8.07 Å². The standard InChI is InChI=1S/C27H48O8Si/c1-7-32-21-13-25(16-33-21)15-26(29)12-19-18(8-9-30-17-31-10-11-36(4,5)6)20(14-28)22(26)27(25)23(19)34-24(2,3)35-27/h18-23,28-29H,7-17H2,1-6H3/t18-,19+,20+,21?,22+,23-,25+,26-,27+/m1/s1. The number of aliphatic hydroxyl groups excluding tert-OH is 1. The van der Waals surface area contributed by atoms with Gasteiger partial charge in [0.2, 0.25) is 0 Å². The topological polar surface area (TPSA) is 95.8 Å². The summed E-state index contributed by atoms with van der Waals surface area (Å²) >= 11 is 0. The summed E-state index contributed by atoms with van der Waals surface area (Å²) in [5, 5.41) is 22.8. The van der Waals surface area contributed by atoms with Gasteiger partial charge in [-0.3, -0.25) is 0 Å². The van der Waals surface area contributed by atoms with Crippen molar-refractivity contribution < 1.29 is 38.6 Å². The number of fused-ring (bicyclic) bond motifs is 1. The molecule has 0 radical (unpaired) electrons. The van der Waals surface area contributed by atoms with Crippen molar-refractivity contribution in [2.75, 3.05) is 39.8 Å². The molecule has 4 saturated carbocycles. The summed E-state index contributed by atoms with van der Waals surface area (Å²) in [6, 6.07) is 1.13. The van der Waals surface area contributed by atoms with Gasteiger partial charge < -0.3 is 38.6 Å². The van der Waals surface area contributed by atoms with Crippen molar-refractivity contribution in [1.29, 1.82) is 0 Å². The molecule has 2 saturated heterocycles. The minimum absolute atomic E-state index is 0.0188. The molecule has 208 valence electrons. The van der Waals surface area contributed by atoms with E-state index >= 15 is 0 Å². The zero-order valence-electron chi connectivity index (χ0n) is 23.1. The van der Waals surface area contributed by atoms with Crippen molar-refractivity contribution in [2.24, 2.45) is 29.1 Å². The molecule has 6 rings (SSSR count). The quantitative estimate of drug-likeness (QED) is 0.239. The molecule has 0 amide bonds. The van der Waals surface area contributed by atoms with E-state index in [-0.39, 0.29) is 42.7 Å². The van der Waals surface area contributed by atoms with Crippen LogP contribution >= 0.6 is 0 Å². The van der Waals surface area contributed by atoms with Crippen LogP contribution in [0.25, 0.3) is 0 Å². The second-order valence-corrected chi connectivity index (χ2v) is 19.3. The second-order valence-electron chi connectivity index (χ2n) is 13.7. The Labute approximate surface area is 217 Å². The Morgan fingerprint density at radius 3 is 2.50 bits per heavy atom. The van der Waals surface area contributed by atoms with E-state index < -0.39 is 30.5 Å². The Hall–Kier alpha value is -0.103. The van der Waals surface area contributed by atoms with Crippen LogP contribution in [0, 0.1) is 29.1 Å². The van der Waals surface area contributed by atoms with Crippen molar-refractivity contribution in [3.05, 3.63) is 0 Å². The molecule has 1 unspecified atom stereocenters. The first kappa shape index (κ1) is 27.5. The third kappa shape index (κ3) is 4.34. The van der Waals surface area contributed by atoms with Crippen LogP contribution in [0.3, 0.4) is 0 Å². The highest BCUT2D eigenvalue weighted by atomic mass is 28.3. The number of hydrogen-bond acceptors (Lipinski definition) is 8. The summed E-state index contributed by atoms with van der Waals surface area (Å²) < 4.78 is 37.1. The van der Waals surface area contributed by atoms with Gasteiger partial charge >= 0.3 is 0 Å². The van der Waals surface area contributed by atoms with Crippen LogP contribution in [-0.2, 0) is 28.4 Å². The molecule has 9 heteroatoms. The monoisotopic (exact) mass is 528 g/mol. The molecule has 0 aromatic rings. The molecule has 6 aliphatic rings. The number of ether oxygens (including phenoxy) is 6. The van der Waals surface area contributed by atoms with Gasteiger partial charge in [0.15, 0.2) is 12.1 Å². The van der Waals surface area contributed by atoms with Crippen LogP contribution in [-0.4, -0.2) is 87.5 Å². The molecule has 4 bridgehead atoms. The lowest BCUT2D eigenvalue weighted by Crippen LogP contribution is -2.71. The SMILES string of the molecule is CCOC1C[C@@]2(CO1)C[C@]1(O)C[C@H]3[C@@H](CCOCOCC[Si](C)(C)C)[C@H](CO)[C@@H]1[C@@]21OC(C)(C)O[C@H]31. The fourth-order valence-corrected chi connectivity index (χ4v) is 9.45. The maximum atomic E-state index is 12.1. The van der Waals surface area contributed by atoms with Gasteiger partial charge in [0.25, 0.3) is 0 Å². The maximum Gasteiger partial charge on any atom is 0.164 e. The highest BCUT2D eigenvalue weighted by Crippen LogP contribution is 2.77. The summed E-state index contributed by atoms with van der Waals surface area (Å²) in [5.74, 6) is -0.777. The van der Waals surface area contributed by atoms with E-state index in [2.05, 4.69) is 19.6 Å². The fraction of sp³-hybridized carbons (Fsp3) is 1.00. The van der Waals surface area contributed by atoms with Crippen LogP contribution in [0.4, 0.5) is 0 Å². The predicted molar refractivity (Wildman–Crippen MR) is 136 cm³/mol. The van der Waals surface area contributed by atoms with Crippen molar-refractivity contribution in [3.8, 4) is 0 Å². The highest BCUT2D eigenvalue weighted by Gasteiger charge is 2.85. The lowest BCUT2D eigenvalue weighted by molar-refractivity contribution is -0.252. The minimum Gasteiger partial charge on any atom is -0.396 e. The molecule has 2 spiro atoms. The smallest absolute Gasteiger partial charge is 0.164 e. The van der Waals surface area contributed by atoms with E-state index in [1.165, 1.54) is 0 Å². The summed E-state index contributed by atoms with van der Waals surface area (Å²) in [5.41, 5.74) is -1.98. The largest absolute Gasteiger partial charge is 0.396 e. The van der Waals surface area contributed by atoms with Crippen LogP contribution in [0.5, 0.6) is 0 Å². The van der Waals surface area contributed by atoms with Gasteiger partial charge in [0.05, 0.1) is 18.3 Å². The van der Waals surface area contributed by atoms with Crippen molar-refractivity contribution in [1.82, 2.24) is 0 Å². The van der Waals surface area contributed by atoms with Crippen molar-refractivity contribution in [2.45, 2.75) is 102 Å². The predicted octanol–water partition coefficient (Wildman–Crippen LogP) is 3.37. The molecule has 9 atom stereocenters. The Morgan fingerprint density at radius 2 is 1.81 bits per heavy atom. The number of rotatable bonds is 11. The summed E-state index contributed by atoms with van der Waals surface area (Å²) in [4.78, 5) is 0. The van der Waals surface area contributed by atoms with Gasteiger partial charge in [-0.05, 0) is 63.8 Å². The normalized spacial score (nSPS) is 46.7. The van der Waals surface area contributed by atoms with Gasteiger partial charge in [0, 0.05) is 52.3 Å². The van der Waals surface area contributed by atoms with E-state index in [4.69, 9.17) is 28.4 Å². The van der Waals surface area contributed by atoms with Gasteiger partial charge in [0.1, 0.15) is 12.4 Å². The van der Waals surface area contributed by atoms with Crippen LogP contribution < -0.4 is 0 Å². The van der Waals surface area contributed by atoms with Crippen LogP contribution in [0.1, 0.15) is 46.5 Å². The Kier molecular flexibility index (Phi) is 7.26. The van der Waals surface area contributed by atoms with Gasteiger partial charge in [-0.2, -0.15) is 0 Å². The minimum atomic E-state index is -1.11. The molecule has 36 heavy (non-hydrogen) atoms. The summed E-state index contributed by atoms with van der Waals surface area (Å²) in [6.07, 6.45) is 2.32. The lowest BCUT2D eigenvalue weighted by Gasteiger charge is -2.62. The van der Waals surface area contributed by atoms with Crippen molar-refractivity contribution in [3.63, 3.8) is 0 Å². The Balaban J connectivity index is 1.33. The maximum absolute atomic E-state index is 12.1. The zero-order chi connectivity index (χ0) is 26.0. The first-order valence-electron chi connectivity index (χ1n) is 14.0. The summed E-state index contributed by atoms with van der Waals surface area (Å²) in [7, 11) is -1.11. The lowest BCUT2D eigenvalue weighted by atomic mass is 9.47. The molecular weight excluding hydrogens is 480 g/mol. The van der Waals surface area contributed by atoms with E-state index in [0.717, 1.165) is 19.1 Å². The molecule has 6 fully saturated rings. The fourth-order valence-electron chi connectivity index (χ4n) is 8.69.